The topological polar surface area (TPSA) is 35.2 Å². The van der Waals surface area contributed by atoms with Crippen molar-refractivity contribution in [1.82, 2.24) is 0 Å². The Balaban J connectivity index is 2.25. The maximum atomic E-state index is 6.19. The Hall–Kier alpha value is -1.22. The van der Waals surface area contributed by atoms with Crippen molar-refractivity contribution in [3.05, 3.63) is 57.6 Å². The SMILES string of the molecule is Cc1cc(Oc2ccc([C@H](C)N)cc2Cl)ccc1Cl. The predicted octanol–water partition coefficient (Wildman–Crippen LogP) is 5.11. The molecule has 2 aromatic carbocycles. The average Bonchev–Trinajstić information content (AvgIpc) is 2.36. The van der Waals surface area contributed by atoms with Gasteiger partial charge in [0.15, 0.2) is 0 Å². The summed E-state index contributed by atoms with van der Waals surface area (Å²) < 4.78 is 5.75. The molecule has 0 saturated carbocycles. The fourth-order valence-electron chi connectivity index (χ4n) is 1.69. The summed E-state index contributed by atoms with van der Waals surface area (Å²) in [6, 6.07) is 11.0. The van der Waals surface area contributed by atoms with Crippen molar-refractivity contribution in [2.24, 2.45) is 5.73 Å². The fourth-order valence-corrected chi connectivity index (χ4v) is 2.04. The Kier molecular flexibility index (Phi) is 4.35. The molecule has 0 radical (unpaired) electrons. The molecular formula is C15H15Cl2NO. The van der Waals surface area contributed by atoms with E-state index in [1.807, 2.05) is 44.2 Å². The lowest BCUT2D eigenvalue weighted by atomic mass is 10.1. The molecule has 2 rings (SSSR count). The predicted molar refractivity (Wildman–Crippen MR) is 80.3 cm³/mol. The fraction of sp³-hybridized carbons (Fsp3) is 0.200. The molecule has 0 heterocycles. The zero-order valence-corrected chi connectivity index (χ0v) is 12.3. The molecule has 0 saturated heterocycles. The van der Waals surface area contributed by atoms with Crippen LogP contribution in [0.15, 0.2) is 36.4 Å². The highest BCUT2D eigenvalue weighted by molar-refractivity contribution is 6.32. The van der Waals surface area contributed by atoms with Gasteiger partial charge < -0.3 is 10.5 Å². The van der Waals surface area contributed by atoms with Gasteiger partial charge in [0.25, 0.3) is 0 Å². The highest BCUT2D eigenvalue weighted by atomic mass is 35.5. The standard InChI is InChI=1S/C15H15Cl2NO/c1-9-7-12(4-5-13(9)16)19-15-6-3-11(10(2)18)8-14(15)17/h3-8,10H,18H2,1-2H3/t10-/m0/s1. The van der Waals surface area contributed by atoms with Crippen LogP contribution in [0.4, 0.5) is 0 Å². The molecule has 0 spiro atoms. The maximum Gasteiger partial charge on any atom is 0.146 e. The first-order chi connectivity index (χ1) is 8.97. The van der Waals surface area contributed by atoms with Crippen LogP contribution in [-0.4, -0.2) is 0 Å². The Morgan fingerprint density at radius 3 is 2.37 bits per heavy atom. The Morgan fingerprint density at radius 2 is 1.79 bits per heavy atom. The van der Waals surface area contributed by atoms with Gasteiger partial charge in [0.2, 0.25) is 0 Å². The normalized spacial score (nSPS) is 12.3. The van der Waals surface area contributed by atoms with E-state index in [4.69, 9.17) is 33.7 Å². The largest absolute Gasteiger partial charge is 0.456 e. The van der Waals surface area contributed by atoms with Crippen molar-refractivity contribution < 1.29 is 4.74 Å². The van der Waals surface area contributed by atoms with E-state index in [0.29, 0.717) is 21.5 Å². The van der Waals surface area contributed by atoms with Gasteiger partial charge in [-0.05, 0) is 55.3 Å². The molecule has 1 atom stereocenters. The minimum atomic E-state index is -0.0515. The van der Waals surface area contributed by atoms with Crippen molar-refractivity contribution in [2.45, 2.75) is 19.9 Å². The Labute approximate surface area is 123 Å². The van der Waals surface area contributed by atoms with Gasteiger partial charge in [-0.1, -0.05) is 29.3 Å². The van der Waals surface area contributed by atoms with Crippen molar-refractivity contribution in [1.29, 1.82) is 0 Å². The molecule has 0 aromatic heterocycles. The molecule has 100 valence electrons. The second kappa shape index (κ2) is 5.83. The van der Waals surface area contributed by atoms with Gasteiger partial charge in [0, 0.05) is 11.1 Å². The summed E-state index contributed by atoms with van der Waals surface area (Å²) in [4.78, 5) is 0. The van der Waals surface area contributed by atoms with Gasteiger partial charge in [-0.2, -0.15) is 0 Å². The smallest absolute Gasteiger partial charge is 0.146 e. The molecule has 0 aliphatic rings. The van der Waals surface area contributed by atoms with E-state index in [9.17, 15) is 0 Å². The summed E-state index contributed by atoms with van der Waals surface area (Å²) in [6.07, 6.45) is 0. The van der Waals surface area contributed by atoms with E-state index >= 15 is 0 Å². The number of nitrogens with two attached hydrogens (primary N) is 1. The summed E-state index contributed by atoms with van der Waals surface area (Å²) in [6.45, 7) is 3.84. The molecule has 0 unspecified atom stereocenters. The molecule has 2 N–H and O–H groups in total. The number of rotatable bonds is 3. The second-order valence-electron chi connectivity index (χ2n) is 4.49. The van der Waals surface area contributed by atoms with Gasteiger partial charge in [-0.25, -0.2) is 0 Å². The van der Waals surface area contributed by atoms with Gasteiger partial charge in [-0.15, -0.1) is 0 Å². The molecule has 19 heavy (non-hydrogen) atoms. The van der Waals surface area contributed by atoms with E-state index in [2.05, 4.69) is 0 Å². The van der Waals surface area contributed by atoms with Crippen LogP contribution in [0.5, 0.6) is 11.5 Å². The first kappa shape index (κ1) is 14.2. The third-order valence-electron chi connectivity index (χ3n) is 2.84. The monoisotopic (exact) mass is 295 g/mol. The third-order valence-corrected chi connectivity index (χ3v) is 3.56. The summed E-state index contributed by atoms with van der Waals surface area (Å²) in [5.41, 5.74) is 7.74. The quantitative estimate of drug-likeness (QED) is 0.853. The van der Waals surface area contributed by atoms with Crippen molar-refractivity contribution >= 4 is 23.2 Å². The zero-order valence-electron chi connectivity index (χ0n) is 10.8. The van der Waals surface area contributed by atoms with Gasteiger partial charge in [-0.3, -0.25) is 0 Å². The average molecular weight is 296 g/mol. The lowest BCUT2D eigenvalue weighted by Gasteiger charge is -2.11. The minimum Gasteiger partial charge on any atom is -0.456 e. The molecule has 0 fully saturated rings. The number of ether oxygens (including phenoxy) is 1. The van der Waals surface area contributed by atoms with Crippen molar-refractivity contribution in [3.63, 3.8) is 0 Å². The van der Waals surface area contributed by atoms with Crippen LogP contribution < -0.4 is 10.5 Å². The van der Waals surface area contributed by atoms with Crippen LogP contribution in [0.1, 0.15) is 24.1 Å². The third kappa shape index (κ3) is 3.41. The van der Waals surface area contributed by atoms with Crippen LogP contribution in [0.2, 0.25) is 10.0 Å². The van der Waals surface area contributed by atoms with E-state index in [-0.39, 0.29) is 6.04 Å². The van der Waals surface area contributed by atoms with E-state index in [1.165, 1.54) is 0 Å². The summed E-state index contributed by atoms with van der Waals surface area (Å²) in [5, 5.41) is 1.26. The van der Waals surface area contributed by atoms with Crippen LogP contribution in [0.25, 0.3) is 0 Å². The Bertz CT molecular complexity index is 597. The lowest BCUT2D eigenvalue weighted by molar-refractivity contribution is 0.482. The van der Waals surface area contributed by atoms with Crippen LogP contribution >= 0.6 is 23.2 Å². The van der Waals surface area contributed by atoms with Crippen LogP contribution in [0, 0.1) is 6.92 Å². The van der Waals surface area contributed by atoms with Gasteiger partial charge in [0.1, 0.15) is 11.5 Å². The molecule has 2 aromatic rings. The van der Waals surface area contributed by atoms with Crippen molar-refractivity contribution in [3.8, 4) is 11.5 Å². The highest BCUT2D eigenvalue weighted by Gasteiger charge is 2.07. The maximum absolute atomic E-state index is 6.19. The van der Waals surface area contributed by atoms with Gasteiger partial charge in [0.05, 0.1) is 5.02 Å². The summed E-state index contributed by atoms with van der Waals surface area (Å²) in [5.74, 6) is 1.31. The first-order valence-electron chi connectivity index (χ1n) is 5.96. The number of aryl methyl sites for hydroxylation is 1. The number of halogens is 2. The van der Waals surface area contributed by atoms with Crippen molar-refractivity contribution in [2.75, 3.05) is 0 Å². The number of benzene rings is 2. The second-order valence-corrected chi connectivity index (χ2v) is 5.31. The first-order valence-corrected chi connectivity index (χ1v) is 6.72. The number of hydrogen-bond donors (Lipinski definition) is 1. The molecule has 0 bridgehead atoms. The molecule has 0 amide bonds. The van der Waals surface area contributed by atoms with E-state index in [0.717, 1.165) is 11.1 Å². The van der Waals surface area contributed by atoms with E-state index < -0.39 is 0 Å². The summed E-state index contributed by atoms with van der Waals surface area (Å²) in [7, 11) is 0. The molecular weight excluding hydrogens is 281 g/mol. The van der Waals surface area contributed by atoms with Crippen LogP contribution in [-0.2, 0) is 0 Å². The molecule has 4 heteroatoms. The van der Waals surface area contributed by atoms with E-state index in [1.54, 1.807) is 6.07 Å². The zero-order chi connectivity index (χ0) is 14.0. The summed E-state index contributed by atoms with van der Waals surface area (Å²) >= 11 is 12.2. The van der Waals surface area contributed by atoms with Crippen LogP contribution in [0.3, 0.4) is 0 Å². The number of hydrogen-bond acceptors (Lipinski definition) is 2. The Morgan fingerprint density at radius 1 is 1.05 bits per heavy atom. The molecule has 2 nitrogen and oxygen atoms in total. The minimum absolute atomic E-state index is 0.0515. The van der Waals surface area contributed by atoms with Gasteiger partial charge >= 0.3 is 0 Å². The highest BCUT2D eigenvalue weighted by Crippen LogP contribution is 2.32. The molecule has 0 aliphatic heterocycles. The molecule has 0 aliphatic carbocycles. The lowest BCUT2D eigenvalue weighted by Crippen LogP contribution is -2.04.